The second-order valence-corrected chi connectivity index (χ2v) is 5.73. The third kappa shape index (κ3) is 4.86. The Morgan fingerprint density at radius 3 is 2.08 bits per heavy atom. The fourth-order valence-corrected chi connectivity index (χ4v) is 2.26. The minimum Gasteiger partial charge on any atom is -0.510 e. The Bertz CT molecular complexity index is 718. The van der Waals surface area contributed by atoms with Crippen molar-refractivity contribution in [2.75, 3.05) is 0 Å². The molecule has 0 saturated heterocycles. The topological polar surface area (TPSA) is 108 Å². The van der Waals surface area contributed by atoms with Crippen molar-refractivity contribution in [2.24, 2.45) is 11.5 Å². The van der Waals surface area contributed by atoms with Crippen LogP contribution in [0.5, 0.6) is 0 Å². The molecule has 0 unspecified atom stereocenters. The molecule has 5 heteroatoms. The minimum absolute atomic E-state index is 0.0592. The van der Waals surface area contributed by atoms with Crippen molar-refractivity contribution in [1.82, 2.24) is 5.32 Å². The number of aliphatic hydroxyl groups is 1. The van der Waals surface area contributed by atoms with Gasteiger partial charge in [-0.1, -0.05) is 48.5 Å². The molecule has 5 nitrogen and oxygen atoms in total. The van der Waals surface area contributed by atoms with E-state index in [4.69, 9.17) is 16.9 Å². The number of nitrogen functional groups attached to an aromatic ring is 1. The van der Waals surface area contributed by atoms with E-state index >= 15 is 0 Å². The smallest absolute Gasteiger partial charge is 0.122 e. The van der Waals surface area contributed by atoms with E-state index < -0.39 is 0 Å². The van der Waals surface area contributed by atoms with Gasteiger partial charge in [0.1, 0.15) is 11.6 Å². The molecule has 0 saturated carbocycles. The predicted molar refractivity (Wildman–Crippen MR) is 97.7 cm³/mol. The molecular formula is C19H24N4O. The lowest BCUT2D eigenvalue weighted by molar-refractivity contribution is 0.385. The molecule has 0 atom stereocenters. The first-order chi connectivity index (χ1) is 11.5. The lowest BCUT2D eigenvalue weighted by atomic mass is 10.1. The van der Waals surface area contributed by atoms with Gasteiger partial charge < -0.3 is 21.9 Å². The average molecular weight is 324 g/mol. The Balaban J connectivity index is 1.94. The number of rotatable bonds is 7. The molecule has 126 valence electrons. The molecule has 0 aliphatic heterocycles. The van der Waals surface area contributed by atoms with Gasteiger partial charge in [0.2, 0.25) is 0 Å². The van der Waals surface area contributed by atoms with E-state index in [1.54, 1.807) is 0 Å². The van der Waals surface area contributed by atoms with E-state index in [2.05, 4.69) is 5.32 Å². The van der Waals surface area contributed by atoms with Crippen LogP contribution in [0.15, 0.2) is 60.0 Å². The second-order valence-electron chi connectivity index (χ2n) is 5.73. The van der Waals surface area contributed by atoms with E-state index in [1.807, 2.05) is 55.5 Å². The normalized spacial score (nSPS) is 11.8. The van der Waals surface area contributed by atoms with Gasteiger partial charge in [0, 0.05) is 30.8 Å². The van der Waals surface area contributed by atoms with Crippen molar-refractivity contribution >= 4 is 5.84 Å². The van der Waals surface area contributed by atoms with Crippen molar-refractivity contribution < 1.29 is 5.11 Å². The maximum absolute atomic E-state index is 10.2. The number of allylic oxidation sites excluding steroid dienone is 2. The third-order valence-corrected chi connectivity index (χ3v) is 3.89. The van der Waals surface area contributed by atoms with Gasteiger partial charge in [0.25, 0.3) is 0 Å². The molecule has 2 aromatic carbocycles. The van der Waals surface area contributed by atoms with Crippen molar-refractivity contribution in [3.63, 3.8) is 0 Å². The van der Waals surface area contributed by atoms with E-state index in [0.717, 1.165) is 22.4 Å². The summed E-state index contributed by atoms with van der Waals surface area (Å²) in [5, 5.41) is 20.8. The molecule has 0 spiro atoms. The van der Waals surface area contributed by atoms with Crippen LogP contribution in [0.3, 0.4) is 0 Å². The zero-order valence-corrected chi connectivity index (χ0v) is 13.8. The molecule has 0 bridgehead atoms. The highest BCUT2D eigenvalue weighted by atomic mass is 16.3. The average Bonchev–Trinajstić information content (AvgIpc) is 2.60. The van der Waals surface area contributed by atoms with Gasteiger partial charge in [0.05, 0.1) is 0 Å². The molecule has 0 radical (unpaired) electrons. The maximum atomic E-state index is 10.2. The summed E-state index contributed by atoms with van der Waals surface area (Å²) in [4.78, 5) is 0. The number of amidine groups is 1. The fraction of sp³-hybridized carbons (Fsp3) is 0.211. The third-order valence-electron chi connectivity index (χ3n) is 3.89. The van der Waals surface area contributed by atoms with E-state index in [-0.39, 0.29) is 5.84 Å². The van der Waals surface area contributed by atoms with Gasteiger partial charge in [-0.2, -0.15) is 0 Å². The molecule has 0 aromatic heterocycles. The standard InChI is InChI=1S/C19H24N4O/c1-13(18(24)10-14-2-4-15(11-20)5-3-14)23-12-16-6-8-17(9-7-16)19(21)22/h2-9,23-24H,10-12,20H2,1H3,(H3,21,22). The van der Waals surface area contributed by atoms with Gasteiger partial charge in [0.15, 0.2) is 0 Å². The van der Waals surface area contributed by atoms with Crippen LogP contribution in [0.4, 0.5) is 0 Å². The highest BCUT2D eigenvalue weighted by molar-refractivity contribution is 5.94. The number of benzene rings is 2. The monoisotopic (exact) mass is 324 g/mol. The molecule has 24 heavy (non-hydrogen) atoms. The fourth-order valence-electron chi connectivity index (χ4n) is 2.26. The van der Waals surface area contributed by atoms with Crippen molar-refractivity contribution in [3.8, 4) is 0 Å². The minimum atomic E-state index is 0.0592. The summed E-state index contributed by atoms with van der Waals surface area (Å²) >= 11 is 0. The lowest BCUT2D eigenvalue weighted by Gasteiger charge is -2.11. The molecule has 0 aliphatic rings. The van der Waals surface area contributed by atoms with Crippen LogP contribution in [0.2, 0.25) is 0 Å². The van der Waals surface area contributed by atoms with Crippen LogP contribution in [-0.4, -0.2) is 10.9 Å². The van der Waals surface area contributed by atoms with E-state index in [1.165, 1.54) is 0 Å². The van der Waals surface area contributed by atoms with Gasteiger partial charge >= 0.3 is 0 Å². The van der Waals surface area contributed by atoms with Crippen molar-refractivity contribution in [3.05, 3.63) is 82.2 Å². The largest absolute Gasteiger partial charge is 0.510 e. The summed E-state index contributed by atoms with van der Waals surface area (Å²) in [6, 6.07) is 15.4. The van der Waals surface area contributed by atoms with E-state index in [0.29, 0.717) is 30.8 Å². The van der Waals surface area contributed by atoms with Crippen LogP contribution in [0.25, 0.3) is 0 Å². The Kier molecular flexibility index (Phi) is 5.98. The summed E-state index contributed by atoms with van der Waals surface area (Å²) in [6.45, 7) is 2.97. The van der Waals surface area contributed by atoms with Crippen molar-refractivity contribution in [1.29, 1.82) is 5.41 Å². The predicted octanol–water partition coefficient (Wildman–Crippen LogP) is 2.55. The molecule has 0 heterocycles. The molecule has 7 N–H and O–H groups in total. The summed E-state index contributed by atoms with van der Waals surface area (Å²) < 4.78 is 0. The van der Waals surface area contributed by atoms with Gasteiger partial charge in [-0.25, -0.2) is 0 Å². The maximum Gasteiger partial charge on any atom is 0.122 e. The Labute approximate surface area is 142 Å². The first-order valence-corrected chi connectivity index (χ1v) is 7.83. The Hall–Kier alpha value is -2.79. The number of aliphatic hydroxyl groups excluding tert-OH is 1. The highest BCUT2D eigenvalue weighted by Gasteiger charge is 2.03. The number of nitrogens with two attached hydrogens (primary N) is 2. The quantitative estimate of drug-likeness (QED) is 0.306. The summed E-state index contributed by atoms with van der Waals surface area (Å²) in [7, 11) is 0. The van der Waals surface area contributed by atoms with E-state index in [9.17, 15) is 5.11 Å². The van der Waals surface area contributed by atoms with Crippen LogP contribution in [0.1, 0.15) is 29.2 Å². The molecule has 0 amide bonds. The SMILES string of the molecule is CC(NCc1ccc(C(=N)N)cc1)=C(O)Cc1ccc(CN)cc1. The summed E-state index contributed by atoms with van der Waals surface area (Å²) in [5.74, 6) is 0.375. The lowest BCUT2D eigenvalue weighted by Crippen LogP contribution is -2.14. The van der Waals surface area contributed by atoms with Gasteiger partial charge in [-0.15, -0.1) is 0 Å². The Morgan fingerprint density at radius 1 is 1.00 bits per heavy atom. The number of nitrogens with one attached hydrogen (secondary N) is 2. The zero-order chi connectivity index (χ0) is 17.5. The highest BCUT2D eigenvalue weighted by Crippen LogP contribution is 2.11. The Morgan fingerprint density at radius 2 is 1.54 bits per heavy atom. The first kappa shape index (κ1) is 17.6. The zero-order valence-electron chi connectivity index (χ0n) is 13.8. The van der Waals surface area contributed by atoms with Gasteiger partial charge in [-0.3, -0.25) is 5.41 Å². The molecule has 2 rings (SSSR count). The molecule has 0 fully saturated rings. The summed E-state index contributed by atoms with van der Waals surface area (Å²) in [6.07, 6.45) is 0.479. The van der Waals surface area contributed by atoms with Crippen LogP contribution >= 0.6 is 0 Å². The molecule has 0 aliphatic carbocycles. The number of hydrogen-bond acceptors (Lipinski definition) is 4. The first-order valence-electron chi connectivity index (χ1n) is 7.83. The summed E-state index contributed by atoms with van der Waals surface area (Å²) in [5.41, 5.74) is 15.6. The molecule has 2 aromatic rings. The molecular weight excluding hydrogens is 300 g/mol. The van der Waals surface area contributed by atoms with Crippen LogP contribution in [-0.2, 0) is 19.5 Å². The van der Waals surface area contributed by atoms with Gasteiger partial charge in [-0.05, 0) is 23.6 Å². The van der Waals surface area contributed by atoms with Crippen LogP contribution < -0.4 is 16.8 Å². The van der Waals surface area contributed by atoms with Crippen molar-refractivity contribution in [2.45, 2.75) is 26.4 Å². The van der Waals surface area contributed by atoms with Crippen LogP contribution in [0, 0.1) is 5.41 Å². The second kappa shape index (κ2) is 8.17. The number of hydrogen-bond donors (Lipinski definition) is 5.